The van der Waals surface area contributed by atoms with Crippen LogP contribution in [-0.2, 0) is 14.3 Å². The van der Waals surface area contributed by atoms with Gasteiger partial charge in [-0.15, -0.1) is 0 Å². The van der Waals surface area contributed by atoms with Gasteiger partial charge >= 0.3 is 11.9 Å². The Labute approximate surface area is 129 Å². The normalized spacial score (nSPS) is 14.0. The minimum Gasteiger partial charge on any atom is -0.481 e. The number of carbonyl (C=O) groups is 3. The molecule has 7 nitrogen and oxygen atoms in total. The molecule has 0 amide bonds. The van der Waals surface area contributed by atoms with Crippen LogP contribution in [0.15, 0.2) is 24.5 Å². The fourth-order valence-corrected chi connectivity index (χ4v) is 2.16. The number of ether oxygens (including phenoxy) is 1. The third kappa shape index (κ3) is 4.92. The van der Waals surface area contributed by atoms with E-state index in [0.717, 1.165) is 0 Å². The summed E-state index contributed by atoms with van der Waals surface area (Å²) in [6, 6.07) is 3.05. The van der Waals surface area contributed by atoms with Gasteiger partial charge in [-0.25, -0.2) is 4.79 Å². The highest BCUT2D eigenvalue weighted by molar-refractivity contribution is 5.95. The second-order valence-corrected chi connectivity index (χ2v) is 6.20. The highest BCUT2D eigenvalue weighted by Crippen LogP contribution is 2.23. The summed E-state index contributed by atoms with van der Waals surface area (Å²) >= 11 is 0. The monoisotopic (exact) mass is 309 g/mol. The first-order chi connectivity index (χ1) is 10.1. The minimum absolute atomic E-state index is 0.0562. The summed E-state index contributed by atoms with van der Waals surface area (Å²) in [6.07, 6.45) is 2.22. The summed E-state index contributed by atoms with van der Waals surface area (Å²) in [5, 5.41) is 9.12. The van der Waals surface area contributed by atoms with Crippen molar-refractivity contribution in [3.8, 4) is 0 Å². The van der Waals surface area contributed by atoms with Crippen LogP contribution in [-0.4, -0.2) is 65.6 Å². The topological polar surface area (TPSA) is 93.6 Å². The van der Waals surface area contributed by atoms with Crippen LogP contribution in [0.25, 0.3) is 0 Å². The number of likely N-dealkylation sites (N-methyl/N-ethyl adjacent to an activating group) is 1. The number of aliphatic carboxylic acids is 1. The molecule has 120 valence electrons. The van der Waals surface area contributed by atoms with Crippen molar-refractivity contribution in [3.05, 3.63) is 30.1 Å². The van der Waals surface area contributed by atoms with Crippen LogP contribution in [0.3, 0.4) is 0 Å². The average Bonchev–Trinajstić information content (AvgIpc) is 2.36. The number of carboxylic acid groups (broad SMARTS) is 1. The van der Waals surface area contributed by atoms with E-state index in [1.807, 2.05) is 0 Å². The minimum atomic E-state index is -1.71. The van der Waals surface area contributed by atoms with Crippen LogP contribution in [0.5, 0.6) is 0 Å². The molecule has 0 aliphatic carbocycles. The number of Topliss-reactive ketones (excluding diaryl/α,β-unsaturated/α-hetero) is 1. The number of carboxylic acids is 1. The zero-order chi connectivity index (χ0) is 17.0. The summed E-state index contributed by atoms with van der Waals surface area (Å²) < 4.78 is 5.62. The standard InChI is InChI=1S/C15H20N2O5/c1-11(18)15(8-13(19)20,10-17(2,3)4)22-14(21)12-6-5-7-16-9-12/h5-7,9H,8,10H2,1-4H3/p+1/t15-/m1/s1. The van der Waals surface area contributed by atoms with Crippen LogP contribution in [0, 0.1) is 0 Å². The number of carbonyl (C=O) groups excluding carboxylic acids is 2. The first-order valence-corrected chi connectivity index (χ1v) is 6.72. The van der Waals surface area contributed by atoms with Gasteiger partial charge in [0, 0.05) is 12.4 Å². The van der Waals surface area contributed by atoms with E-state index >= 15 is 0 Å². The Morgan fingerprint density at radius 3 is 2.36 bits per heavy atom. The zero-order valence-electron chi connectivity index (χ0n) is 13.2. The molecule has 1 atom stereocenters. The van der Waals surface area contributed by atoms with E-state index in [9.17, 15) is 14.4 Å². The lowest BCUT2D eigenvalue weighted by molar-refractivity contribution is -0.875. The van der Waals surface area contributed by atoms with Crippen LogP contribution in [0.2, 0.25) is 0 Å². The van der Waals surface area contributed by atoms with Crippen molar-refractivity contribution in [2.75, 3.05) is 27.7 Å². The maximum absolute atomic E-state index is 12.2. The van der Waals surface area contributed by atoms with E-state index in [1.165, 1.54) is 25.4 Å². The van der Waals surface area contributed by atoms with Gasteiger partial charge in [0.2, 0.25) is 5.60 Å². The maximum atomic E-state index is 12.2. The summed E-state index contributed by atoms with van der Waals surface area (Å²) in [6.45, 7) is 1.29. The lowest BCUT2D eigenvalue weighted by Gasteiger charge is -2.36. The molecule has 22 heavy (non-hydrogen) atoms. The largest absolute Gasteiger partial charge is 0.481 e. The van der Waals surface area contributed by atoms with Crippen molar-refractivity contribution < 1.29 is 28.7 Å². The van der Waals surface area contributed by atoms with Gasteiger partial charge in [-0.2, -0.15) is 0 Å². The molecule has 0 bridgehead atoms. The molecule has 0 radical (unpaired) electrons. The highest BCUT2D eigenvalue weighted by atomic mass is 16.6. The van der Waals surface area contributed by atoms with Gasteiger partial charge in [-0.1, -0.05) is 0 Å². The molecule has 1 N–H and O–H groups in total. The molecule has 1 heterocycles. The van der Waals surface area contributed by atoms with Gasteiger partial charge in [0.05, 0.1) is 33.1 Å². The number of aromatic nitrogens is 1. The van der Waals surface area contributed by atoms with E-state index in [2.05, 4.69) is 4.98 Å². The molecule has 1 aromatic rings. The maximum Gasteiger partial charge on any atom is 0.340 e. The highest BCUT2D eigenvalue weighted by Gasteiger charge is 2.46. The molecule has 7 heteroatoms. The van der Waals surface area contributed by atoms with Gasteiger partial charge in [0.15, 0.2) is 5.78 Å². The first kappa shape index (κ1) is 17.8. The van der Waals surface area contributed by atoms with Gasteiger partial charge in [0.25, 0.3) is 0 Å². The molecular formula is C15H21N2O5+. The molecule has 1 rings (SSSR count). The summed E-state index contributed by atoms with van der Waals surface area (Å²) in [7, 11) is 5.37. The van der Waals surface area contributed by atoms with Gasteiger partial charge in [-0.05, 0) is 19.1 Å². The Balaban J connectivity index is 3.15. The number of esters is 1. The summed E-state index contributed by atoms with van der Waals surface area (Å²) in [4.78, 5) is 39.3. The number of nitrogens with zero attached hydrogens (tertiary/aromatic N) is 2. The van der Waals surface area contributed by atoms with E-state index in [4.69, 9.17) is 9.84 Å². The molecular weight excluding hydrogens is 288 g/mol. The average molecular weight is 309 g/mol. The van der Waals surface area contributed by atoms with Crippen LogP contribution >= 0.6 is 0 Å². The summed E-state index contributed by atoms with van der Waals surface area (Å²) in [5.41, 5.74) is -1.54. The van der Waals surface area contributed by atoms with Gasteiger partial charge < -0.3 is 14.3 Å². The van der Waals surface area contributed by atoms with E-state index < -0.39 is 29.7 Å². The van der Waals surface area contributed by atoms with E-state index in [-0.39, 0.29) is 16.6 Å². The molecule has 0 unspecified atom stereocenters. The Morgan fingerprint density at radius 2 is 1.95 bits per heavy atom. The fraction of sp³-hybridized carbons (Fsp3) is 0.467. The van der Waals surface area contributed by atoms with Crippen LogP contribution in [0.1, 0.15) is 23.7 Å². The smallest absolute Gasteiger partial charge is 0.340 e. The number of quaternary nitrogens is 1. The Morgan fingerprint density at radius 1 is 1.32 bits per heavy atom. The molecule has 0 saturated carbocycles. The van der Waals surface area contributed by atoms with Gasteiger partial charge in [0.1, 0.15) is 6.54 Å². The number of hydrogen-bond donors (Lipinski definition) is 1. The molecule has 0 spiro atoms. The predicted molar refractivity (Wildman–Crippen MR) is 78.2 cm³/mol. The number of hydrogen-bond acceptors (Lipinski definition) is 5. The molecule has 0 saturated heterocycles. The molecule has 0 aromatic carbocycles. The van der Waals surface area contributed by atoms with Crippen molar-refractivity contribution in [2.45, 2.75) is 18.9 Å². The number of ketones is 1. The SMILES string of the molecule is CC(=O)[C@@](CC(=O)O)(C[N+](C)(C)C)OC(=O)c1cccnc1. The van der Waals surface area contributed by atoms with Crippen molar-refractivity contribution in [3.63, 3.8) is 0 Å². The Bertz CT molecular complexity index is 565. The first-order valence-electron chi connectivity index (χ1n) is 6.72. The predicted octanol–water partition coefficient (Wildman–Crippen LogP) is 0.747. The number of rotatable bonds is 7. The van der Waals surface area contributed by atoms with E-state index in [0.29, 0.717) is 0 Å². The van der Waals surface area contributed by atoms with Crippen LogP contribution < -0.4 is 0 Å². The Kier molecular flexibility index (Phi) is 5.38. The Hall–Kier alpha value is -2.28. The molecule has 1 aromatic heterocycles. The van der Waals surface area contributed by atoms with Crippen molar-refractivity contribution in [2.24, 2.45) is 0 Å². The third-order valence-electron chi connectivity index (χ3n) is 2.99. The van der Waals surface area contributed by atoms with Crippen LogP contribution in [0.4, 0.5) is 0 Å². The lowest BCUT2D eigenvalue weighted by atomic mass is 9.93. The van der Waals surface area contributed by atoms with Crippen molar-refractivity contribution in [1.82, 2.24) is 4.98 Å². The quantitative estimate of drug-likeness (QED) is 0.590. The lowest BCUT2D eigenvalue weighted by Crippen LogP contribution is -2.56. The third-order valence-corrected chi connectivity index (χ3v) is 2.99. The van der Waals surface area contributed by atoms with Gasteiger partial charge in [-0.3, -0.25) is 14.6 Å². The summed E-state index contributed by atoms with van der Waals surface area (Å²) in [5.74, 6) is -2.47. The number of pyridine rings is 1. The fourth-order valence-electron chi connectivity index (χ4n) is 2.16. The molecule has 0 aliphatic heterocycles. The molecule has 0 aliphatic rings. The van der Waals surface area contributed by atoms with Crippen molar-refractivity contribution >= 4 is 17.7 Å². The van der Waals surface area contributed by atoms with Crippen molar-refractivity contribution in [1.29, 1.82) is 0 Å². The second kappa shape index (κ2) is 6.65. The van der Waals surface area contributed by atoms with E-state index in [1.54, 1.807) is 27.2 Å². The zero-order valence-corrected chi connectivity index (χ0v) is 13.2. The molecule has 0 fully saturated rings. The second-order valence-electron chi connectivity index (χ2n) is 6.20.